The lowest BCUT2D eigenvalue weighted by molar-refractivity contribution is -0.137. The Morgan fingerprint density at radius 2 is 1.09 bits per heavy atom. The molecule has 7 heteroatoms. The molecule has 0 spiro atoms. The zero-order chi connectivity index (χ0) is 35.7. The summed E-state index contributed by atoms with van der Waals surface area (Å²) < 4.78 is 44.8. The Bertz CT molecular complexity index is 3000. The van der Waals surface area contributed by atoms with E-state index in [1.165, 1.54) is 20.2 Å². The molecule has 0 N–H and O–H groups in total. The van der Waals surface area contributed by atoms with Crippen LogP contribution in [0.3, 0.4) is 0 Å². The van der Waals surface area contributed by atoms with Crippen molar-refractivity contribution in [1.82, 2.24) is 4.98 Å². The number of hydrogen-bond acceptors (Lipinski definition) is 4. The molecular weight excluding hydrogens is 702 g/mol. The summed E-state index contributed by atoms with van der Waals surface area (Å²) in [6, 6.07) is 53.6. The molecule has 10 aromatic rings. The fourth-order valence-electron chi connectivity index (χ4n) is 7.40. The lowest BCUT2D eigenvalue weighted by atomic mass is 9.98. The third-order valence-electron chi connectivity index (χ3n) is 9.92. The number of rotatable bonds is 5. The SMILES string of the molecule is FC(F)(F)c1ccc(N(c2cccc(-c3ccc4c(c3)sc3ccccc34)c2)c2cccc3c2ccc2c3ccc3sc(-c4ccccc4)nc32)cc1. The van der Waals surface area contributed by atoms with Gasteiger partial charge in [0.15, 0.2) is 0 Å². The van der Waals surface area contributed by atoms with E-state index in [1.807, 2.05) is 42.5 Å². The molecule has 8 aromatic carbocycles. The van der Waals surface area contributed by atoms with Crippen molar-refractivity contribution in [3.05, 3.63) is 169 Å². The smallest absolute Gasteiger partial charge is 0.310 e. The van der Waals surface area contributed by atoms with E-state index in [0.29, 0.717) is 5.69 Å². The average Bonchev–Trinajstić information content (AvgIpc) is 3.80. The van der Waals surface area contributed by atoms with Crippen molar-refractivity contribution in [2.45, 2.75) is 6.18 Å². The number of aromatic nitrogens is 1. The minimum absolute atomic E-state index is 0.630. The molecule has 10 rings (SSSR count). The highest BCUT2D eigenvalue weighted by Gasteiger charge is 2.30. The monoisotopic (exact) mass is 728 g/mol. The third-order valence-corrected chi connectivity index (χ3v) is 12.1. The molecular formula is C46H27F3N2S2. The maximum absolute atomic E-state index is 13.7. The second-order valence-electron chi connectivity index (χ2n) is 13.1. The highest BCUT2D eigenvalue weighted by molar-refractivity contribution is 7.25. The van der Waals surface area contributed by atoms with E-state index in [-0.39, 0.29) is 0 Å². The van der Waals surface area contributed by atoms with Gasteiger partial charge in [-0.15, -0.1) is 22.7 Å². The van der Waals surface area contributed by atoms with E-state index in [4.69, 9.17) is 4.98 Å². The fourth-order valence-corrected chi connectivity index (χ4v) is 9.54. The third kappa shape index (κ3) is 5.43. The molecule has 0 aliphatic heterocycles. The summed E-state index contributed by atoms with van der Waals surface area (Å²) in [5.74, 6) is 0. The van der Waals surface area contributed by atoms with Crippen LogP contribution in [0.15, 0.2) is 164 Å². The largest absolute Gasteiger partial charge is 0.416 e. The van der Waals surface area contributed by atoms with Crippen molar-refractivity contribution < 1.29 is 13.2 Å². The number of fused-ring (bicyclic) bond motifs is 8. The number of alkyl halides is 3. The summed E-state index contributed by atoms with van der Waals surface area (Å²) in [5.41, 5.74) is 5.79. The second-order valence-corrected chi connectivity index (χ2v) is 15.2. The molecule has 2 heterocycles. The van der Waals surface area contributed by atoms with Crippen LogP contribution < -0.4 is 4.90 Å². The van der Waals surface area contributed by atoms with Crippen molar-refractivity contribution in [2.75, 3.05) is 4.90 Å². The number of halogens is 3. The Morgan fingerprint density at radius 3 is 1.94 bits per heavy atom. The van der Waals surface area contributed by atoms with Gasteiger partial charge in [0.1, 0.15) is 5.01 Å². The molecule has 2 aromatic heterocycles. The highest BCUT2D eigenvalue weighted by atomic mass is 32.1. The Hall–Kier alpha value is -6.02. The molecule has 0 bridgehead atoms. The predicted molar refractivity (Wildman–Crippen MR) is 218 cm³/mol. The lowest BCUT2D eigenvalue weighted by Crippen LogP contribution is -2.11. The summed E-state index contributed by atoms with van der Waals surface area (Å²) in [7, 11) is 0. The molecule has 53 heavy (non-hydrogen) atoms. The van der Waals surface area contributed by atoms with Gasteiger partial charge in [0.25, 0.3) is 0 Å². The molecule has 0 saturated heterocycles. The van der Waals surface area contributed by atoms with E-state index in [9.17, 15) is 13.2 Å². The zero-order valence-corrected chi connectivity index (χ0v) is 29.6. The zero-order valence-electron chi connectivity index (χ0n) is 27.9. The molecule has 0 unspecified atom stereocenters. The molecule has 0 aliphatic rings. The second kappa shape index (κ2) is 12.3. The molecule has 0 aliphatic carbocycles. The summed E-state index contributed by atoms with van der Waals surface area (Å²) in [4.78, 5) is 7.15. The van der Waals surface area contributed by atoms with Crippen LogP contribution in [0.2, 0.25) is 0 Å². The van der Waals surface area contributed by atoms with Gasteiger partial charge in [0, 0.05) is 47.9 Å². The van der Waals surface area contributed by atoms with E-state index in [2.05, 4.69) is 102 Å². The number of anilines is 3. The van der Waals surface area contributed by atoms with Crippen molar-refractivity contribution >= 4 is 91.7 Å². The van der Waals surface area contributed by atoms with Crippen molar-refractivity contribution in [1.29, 1.82) is 0 Å². The van der Waals surface area contributed by atoms with Gasteiger partial charge in [0.2, 0.25) is 0 Å². The van der Waals surface area contributed by atoms with Gasteiger partial charge in [-0.1, -0.05) is 103 Å². The van der Waals surface area contributed by atoms with Crippen LogP contribution in [-0.4, -0.2) is 4.98 Å². The van der Waals surface area contributed by atoms with E-state index in [1.54, 1.807) is 34.8 Å². The predicted octanol–water partition coefficient (Wildman–Crippen LogP) is 14.8. The lowest BCUT2D eigenvalue weighted by Gasteiger charge is -2.28. The van der Waals surface area contributed by atoms with Gasteiger partial charge in [-0.25, -0.2) is 4.98 Å². The van der Waals surface area contributed by atoms with Gasteiger partial charge >= 0.3 is 6.18 Å². The molecule has 0 saturated carbocycles. The van der Waals surface area contributed by atoms with Crippen LogP contribution in [0.5, 0.6) is 0 Å². The molecule has 254 valence electrons. The molecule has 0 amide bonds. The topological polar surface area (TPSA) is 16.1 Å². The maximum Gasteiger partial charge on any atom is 0.416 e. The molecule has 0 fully saturated rings. The van der Waals surface area contributed by atoms with E-state index in [0.717, 1.165) is 77.0 Å². The Balaban J connectivity index is 1.14. The van der Waals surface area contributed by atoms with Crippen molar-refractivity contribution in [2.24, 2.45) is 0 Å². The number of benzene rings is 8. The summed E-state index contributed by atoms with van der Waals surface area (Å²) >= 11 is 3.45. The Morgan fingerprint density at radius 1 is 0.434 bits per heavy atom. The van der Waals surface area contributed by atoms with Gasteiger partial charge in [-0.05, 0) is 82.6 Å². The molecule has 0 atom stereocenters. The first-order valence-electron chi connectivity index (χ1n) is 17.2. The Kier molecular flexibility index (Phi) is 7.35. The molecule has 2 nitrogen and oxygen atoms in total. The summed E-state index contributed by atoms with van der Waals surface area (Å²) in [6.07, 6.45) is -4.44. The maximum atomic E-state index is 13.7. The normalized spacial score (nSPS) is 12.1. The van der Waals surface area contributed by atoms with Gasteiger partial charge < -0.3 is 4.90 Å². The minimum atomic E-state index is -4.44. The van der Waals surface area contributed by atoms with Gasteiger partial charge in [-0.3, -0.25) is 0 Å². The molecule has 0 radical (unpaired) electrons. The van der Waals surface area contributed by atoms with Crippen molar-refractivity contribution in [3.8, 4) is 21.7 Å². The number of thiazole rings is 1. The average molecular weight is 729 g/mol. The van der Waals surface area contributed by atoms with Crippen LogP contribution in [-0.2, 0) is 6.18 Å². The van der Waals surface area contributed by atoms with Gasteiger partial charge in [0.05, 0.1) is 21.5 Å². The first kappa shape index (κ1) is 31.7. The first-order valence-corrected chi connectivity index (χ1v) is 18.8. The van der Waals surface area contributed by atoms with Gasteiger partial charge in [-0.2, -0.15) is 13.2 Å². The number of thiophene rings is 1. The minimum Gasteiger partial charge on any atom is -0.310 e. The Labute approximate surface area is 310 Å². The van der Waals surface area contributed by atoms with E-state index >= 15 is 0 Å². The highest BCUT2D eigenvalue weighted by Crippen LogP contribution is 2.44. The first-order chi connectivity index (χ1) is 25.9. The standard InChI is InChI=1S/C46H27F3N2S2/c47-46(48,49)31-17-19-32(20-18-31)51(33-11-6-10-29(26-33)30-16-21-38-37-12-4-5-15-41(37)52-43(38)27-30)40-14-7-13-34-35-24-25-42-44(39(35)23-22-36(34)40)50-45(53-42)28-8-2-1-3-9-28/h1-27H. The number of hydrogen-bond donors (Lipinski definition) is 0. The fraction of sp³-hybridized carbons (Fsp3) is 0.0217. The van der Waals surface area contributed by atoms with Crippen LogP contribution in [0.25, 0.3) is 73.6 Å². The quantitative estimate of drug-likeness (QED) is 0.164. The van der Waals surface area contributed by atoms with Crippen molar-refractivity contribution in [3.63, 3.8) is 0 Å². The van der Waals surface area contributed by atoms with Crippen LogP contribution in [0.4, 0.5) is 30.2 Å². The summed E-state index contributed by atoms with van der Waals surface area (Å²) in [6.45, 7) is 0. The number of nitrogens with zero attached hydrogens (tertiary/aromatic N) is 2. The van der Waals surface area contributed by atoms with Crippen LogP contribution in [0.1, 0.15) is 5.56 Å². The van der Waals surface area contributed by atoms with Crippen LogP contribution in [0, 0.1) is 0 Å². The summed E-state index contributed by atoms with van der Waals surface area (Å²) in [5, 5.41) is 7.60. The van der Waals surface area contributed by atoms with Crippen LogP contribution >= 0.6 is 22.7 Å². The van der Waals surface area contributed by atoms with E-state index < -0.39 is 11.7 Å².